The number of aromatic nitrogens is 4. The third-order valence-corrected chi connectivity index (χ3v) is 4.97. The Labute approximate surface area is 163 Å². The zero-order chi connectivity index (χ0) is 20.1. The van der Waals surface area contributed by atoms with Gasteiger partial charge < -0.3 is 23.8 Å². The van der Waals surface area contributed by atoms with Crippen molar-refractivity contribution in [2.75, 3.05) is 6.54 Å². The minimum atomic E-state index is -1.01. The summed E-state index contributed by atoms with van der Waals surface area (Å²) >= 11 is 0. The van der Waals surface area contributed by atoms with Crippen molar-refractivity contribution in [3.05, 3.63) is 65.3 Å². The number of amides is 1. The quantitative estimate of drug-likeness (QED) is 0.545. The lowest BCUT2D eigenvalue weighted by atomic mass is 9.99. The van der Waals surface area contributed by atoms with Gasteiger partial charge in [-0.15, -0.1) is 10.2 Å². The lowest BCUT2D eigenvalue weighted by Gasteiger charge is -2.32. The first-order chi connectivity index (χ1) is 14.0. The highest BCUT2D eigenvalue weighted by molar-refractivity contribution is 5.90. The van der Waals surface area contributed by atoms with Crippen molar-refractivity contribution in [2.45, 2.75) is 25.5 Å². The Bertz CT molecular complexity index is 1210. The molecule has 1 aliphatic rings. The SMILES string of the molecule is C[C@@H](O)c1nnc(C(=O)N2CCc3[nH]cnc3[C@H]2c2oc3ccccc3c2F)o1. The topological polar surface area (TPSA) is 121 Å². The number of aromatic amines is 1. The normalized spacial score (nSPS) is 17.5. The molecule has 0 saturated carbocycles. The molecule has 10 heteroatoms. The van der Waals surface area contributed by atoms with Crippen LogP contribution in [-0.4, -0.2) is 42.6 Å². The number of furan rings is 1. The Hall–Kier alpha value is -3.53. The first-order valence-electron chi connectivity index (χ1n) is 9.06. The van der Waals surface area contributed by atoms with Crippen LogP contribution < -0.4 is 0 Å². The van der Waals surface area contributed by atoms with E-state index in [2.05, 4.69) is 20.2 Å². The van der Waals surface area contributed by atoms with Crippen LogP contribution in [0.1, 0.15) is 52.8 Å². The number of imidazole rings is 1. The highest BCUT2D eigenvalue weighted by Crippen LogP contribution is 2.39. The van der Waals surface area contributed by atoms with Gasteiger partial charge in [-0.1, -0.05) is 12.1 Å². The molecule has 2 N–H and O–H groups in total. The number of H-pyrrole nitrogens is 1. The van der Waals surface area contributed by atoms with Crippen LogP contribution >= 0.6 is 0 Å². The van der Waals surface area contributed by atoms with Crippen molar-refractivity contribution in [3.63, 3.8) is 0 Å². The minimum absolute atomic E-state index is 0.0112. The number of nitrogens with one attached hydrogen (secondary N) is 1. The number of halogens is 1. The average molecular weight is 397 g/mol. The van der Waals surface area contributed by atoms with Gasteiger partial charge in [-0.2, -0.15) is 0 Å². The molecule has 5 rings (SSSR count). The molecule has 0 radical (unpaired) electrons. The fraction of sp³-hybridized carbons (Fsp3) is 0.263. The van der Waals surface area contributed by atoms with E-state index >= 15 is 4.39 Å². The van der Waals surface area contributed by atoms with E-state index in [-0.39, 0.29) is 24.1 Å². The second kappa shape index (κ2) is 6.52. The molecule has 4 aromatic rings. The van der Waals surface area contributed by atoms with Gasteiger partial charge >= 0.3 is 11.8 Å². The van der Waals surface area contributed by atoms with Gasteiger partial charge in [-0.05, 0) is 19.1 Å². The molecule has 2 atom stereocenters. The summed E-state index contributed by atoms with van der Waals surface area (Å²) in [7, 11) is 0. The number of para-hydroxylation sites is 1. The number of fused-ring (bicyclic) bond motifs is 2. The molecule has 0 unspecified atom stereocenters. The number of aliphatic hydroxyl groups is 1. The molecule has 0 bridgehead atoms. The van der Waals surface area contributed by atoms with Crippen LogP contribution in [0.4, 0.5) is 4.39 Å². The van der Waals surface area contributed by atoms with Crippen molar-refractivity contribution in [1.82, 2.24) is 25.1 Å². The van der Waals surface area contributed by atoms with Gasteiger partial charge in [0.2, 0.25) is 5.89 Å². The number of benzene rings is 1. The maximum atomic E-state index is 15.2. The molecule has 148 valence electrons. The standard InChI is InChI=1S/C19H16FN5O4/c1-9(26)17-23-24-18(29-17)19(27)25-7-6-11-14(22-8-21-11)15(25)16-13(20)10-4-2-3-5-12(10)28-16/h2-5,8-9,15,26H,6-7H2,1H3,(H,21,22)/t9-,15+/m1/s1. The number of hydrogen-bond donors (Lipinski definition) is 2. The summed E-state index contributed by atoms with van der Waals surface area (Å²) in [4.78, 5) is 21.8. The Morgan fingerprint density at radius 2 is 2.17 bits per heavy atom. The van der Waals surface area contributed by atoms with E-state index in [0.717, 1.165) is 5.69 Å². The molecular formula is C19H16FN5O4. The van der Waals surface area contributed by atoms with Gasteiger partial charge in [0, 0.05) is 18.7 Å². The molecule has 9 nitrogen and oxygen atoms in total. The zero-order valence-corrected chi connectivity index (χ0v) is 15.3. The second-order valence-corrected chi connectivity index (χ2v) is 6.82. The highest BCUT2D eigenvalue weighted by Gasteiger charge is 2.40. The molecule has 4 heterocycles. The molecule has 1 amide bonds. The number of hydrogen-bond acceptors (Lipinski definition) is 7. The van der Waals surface area contributed by atoms with Crippen molar-refractivity contribution in [3.8, 4) is 0 Å². The van der Waals surface area contributed by atoms with Crippen LogP contribution in [0.3, 0.4) is 0 Å². The molecule has 0 fully saturated rings. The van der Waals surface area contributed by atoms with Crippen molar-refractivity contribution in [1.29, 1.82) is 0 Å². The number of aliphatic hydroxyl groups excluding tert-OH is 1. The fourth-order valence-electron chi connectivity index (χ4n) is 3.58. The molecule has 1 aromatic carbocycles. The summed E-state index contributed by atoms with van der Waals surface area (Å²) < 4.78 is 26.3. The van der Waals surface area contributed by atoms with Crippen LogP contribution in [0.15, 0.2) is 39.4 Å². The van der Waals surface area contributed by atoms with Gasteiger partial charge in [0.1, 0.15) is 17.7 Å². The largest absolute Gasteiger partial charge is 0.455 e. The van der Waals surface area contributed by atoms with Crippen LogP contribution in [0.25, 0.3) is 11.0 Å². The average Bonchev–Trinajstić information content (AvgIpc) is 3.46. The summed E-state index contributed by atoms with van der Waals surface area (Å²) in [5.74, 6) is -1.51. The third-order valence-electron chi connectivity index (χ3n) is 4.97. The third kappa shape index (κ3) is 2.71. The predicted molar refractivity (Wildman–Crippen MR) is 96.3 cm³/mol. The summed E-state index contributed by atoms with van der Waals surface area (Å²) in [6.07, 6.45) is 0.994. The molecule has 3 aromatic heterocycles. The van der Waals surface area contributed by atoms with E-state index in [0.29, 0.717) is 23.1 Å². The first-order valence-corrected chi connectivity index (χ1v) is 9.06. The summed E-state index contributed by atoms with van der Waals surface area (Å²) in [5.41, 5.74) is 1.68. The Morgan fingerprint density at radius 3 is 2.93 bits per heavy atom. The Morgan fingerprint density at radius 1 is 1.34 bits per heavy atom. The first kappa shape index (κ1) is 17.6. The van der Waals surface area contributed by atoms with Gasteiger partial charge in [0.05, 0.1) is 17.4 Å². The monoisotopic (exact) mass is 397 g/mol. The van der Waals surface area contributed by atoms with Crippen LogP contribution in [0.5, 0.6) is 0 Å². The summed E-state index contributed by atoms with van der Waals surface area (Å²) in [6, 6.07) is 5.84. The van der Waals surface area contributed by atoms with E-state index in [1.165, 1.54) is 18.2 Å². The number of rotatable bonds is 3. The molecular weight excluding hydrogens is 381 g/mol. The summed E-state index contributed by atoms with van der Waals surface area (Å²) in [6.45, 7) is 1.72. The minimum Gasteiger partial charge on any atom is -0.455 e. The predicted octanol–water partition coefficient (Wildman–Crippen LogP) is 2.52. The van der Waals surface area contributed by atoms with E-state index in [9.17, 15) is 9.90 Å². The van der Waals surface area contributed by atoms with Gasteiger partial charge in [0.15, 0.2) is 11.6 Å². The van der Waals surface area contributed by atoms with Gasteiger partial charge in [-0.25, -0.2) is 9.37 Å². The van der Waals surface area contributed by atoms with Crippen LogP contribution in [0.2, 0.25) is 0 Å². The number of carbonyl (C=O) groups excluding carboxylic acids is 1. The maximum Gasteiger partial charge on any atom is 0.312 e. The van der Waals surface area contributed by atoms with Gasteiger partial charge in [-0.3, -0.25) is 4.79 Å². The van der Waals surface area contributed by atoms with E-state index in [1.54, 1.807) is 24.3 Å². The van der Waals surface area contributed by atoms with Crippen LogP contribution in [-0.2, 0) is 6.42 Å². The van der Waals surface area contributed by atoms with Crippen molar-refractivity contribution in [2.24, 2.45) is 0 Å². The van der Waals surface area contributed by atoms with Gasteiger partial charge in [0.25, 0.3) is 0 Å². The number of carbonyl (C=O) groups is 1. The van der Waals surface area contributed by atoms with Crippen LogP contribution in [0, 0.1) is 5.82 Å². The van der Waals surface area contributed by atoms with E-state index < -0.39 is 23.9 Å². The molecule has 29 heavy (non-hydrogen) atoms. The lowest BCUT2D eigenvalue weighted by Crippen LogP contribution is -2.41. The zero-order valence-electron chi connectivity index (χ0n) is 15.3. The van der Waals surface area contributed by atoms with E-state index in [1.807, 2.05) is 0 Å². The number of nitrogens with zero attached hydrogens (tertiary/aromatic N) is 4. The Balaban J connectivity index is 1.62. The van der Waals surface area contributed by atoms with Crippen molar-refractivity contribution >= 4 is 16.9 Å². The van der Waals surface area contributed by atoms with E-state index in [4.69, 9.17) is 8.83 Å². The van der Waals surface area contributed by atoms with Crippen molar-refractivity contribution < 1.29 is 23.1 Å². The summed E-state index contributed by atoms with van der Waals surface area (Å²) in [5, 5.41) is 17.3. The molecule has 0 spiro atoms. The molecule has 0 aliphatic carbocycles. The highest BCUT2D eigenvalue weighted by atomic mass is 19.1. The molecule has 1 aliphatic heterocycles. The lowest BCUT2D eigenvalue weighted by molar-refractivity contribution is 0.0619. The maximum absolute atomic E-state index is 15.2. The second-order valence-electron chi connectivity index (χ2n) is 6.82. The smallest absolute Gasteiger partial charge is 0.312 e. The Kier molecular flexibility index (Phi) is 3.95. The fourth-order valence-corrected chi connectivity index (χ4v) is 3.58. The molecule has 0 saturated heterocycles.